The zero-order valence-corrected chi connectivity index (χ0v) is 15.6. The molecule has 4 rings (SSSR count). The summed E-state index contributed by atoms with van der Waals surface area (Å²) in [6.45, 7) is 3.09. The fraction of sp³-hybridized carbons (Fsp3) is 0.409. The number of nitrogens with zero attached hydrogens (tertiary/aromatic N) is 1. The highest BCUT2D eigenvalue weighted by Gasteiger charge is 2.60. The van der Waals surface area contributed by atoms with Crippen LogP contribution in [0.25, 0.3) is 11.1 Å². The van der Waals surface area contributed by atoms with Crippen molar-refractivity contribution in [2.24, 2.45) is 5.92 Å². The molecular formula is C22H22F3NO2. The van der Waals surface area contributed by atoms with Crippen LogP contribution in [0.15, 0.2) is 42.5 Å². The number of fused-ring (bicyclic) bond motifs is 3. The number of hydrogen-bond acceptors (Lipinski definition) is 3. The van der Waals surface area contributed by atoms with E-state index < -0.39 is 11.8 Å². The predicted octanol–water partition coefficient (Wildman–Crippen LogP) is 4.66. The molecule has 1 aliphatic carbocycles. The molecule has 2 aromatic carbocycles. The number of benzene rings is 2. The Kier molecular flexibility index (Phi) is 4.49. The third-order valence-corrected chi connectivity index (χ3v) is 6.07. The molecule has 0 aromatic heterocycles. The van der Waals surface area contributed by atoms with Crippen LogP contribution in [-0.4, -0.2) is 30.2 Å². The quantitative estimate of drug-likeness (QED) is 0.830. The van der Waals surface area contributed by atoms with Crippen LogP contribution in [0.3, 0.4) is 0 Å². The first kappa shape index (κ1) is 19.0. The van der Waals surface area contributed by atoms with E-state index in [1.807, 2.05) is 11.8 Å². The number of carbonyl (C=O) groups excluding carboxylic acids is 1. The Morgan fingerprint density at radius 3 is 2.39 bits per heavy atom. The van der Waals surface area contributed by atoms with Gasteiger partial charge < -0.3 is 10.0 Å². The number of piperidine rings is 1. The van der Waals surface area contributed by atoms with Gasteiger partial charge in [-0.3, -0.25) is 4.79 Å². The van der Waals surface area contributed by atoms with Crippen LogP contribution in [0.1, 0.15) is 37.3 Å². The molecule has 1 atom stereocenters. The maximum Gasteiger partial charge on any atom is 0.425 e. The number of anilines is 1. The average Bonchev–Trinajstić information content (AvgIpc) is 2.97. The van der Waals surface area contributed by atoms with Gasteiger partial charge in [0.15, 0.2) is 0 Å². The molecule has 6 heteroatoms. The Bertz CT molecular complexity index is 916. The highest BCUT2D eigenvalue weighted by molar-refractivity contribution is 5.83. The normalized spacial score (nSPS) is 22.1. The van der Waals surface area contributed by atoms with Gasteiger partial charge >= 0.3 is 6.18 Å². The zero-order valence-electron chi connectivity index (χ0n) is 15.6. The highest BCUT2D eigenvalue weighted by Crippen LogP contribution is 2.55. The van der Waals surface area contributed by atoms with Crippen LogP contribution < -0.4 is 4.90 Å². The lowest BCUT2D eigenvalue weighted by atomic mass is 9.89. The molecule has 1 saturated heterocycles. The SMILES string of the molecule is CCC(=O)C1CCN(c2ccc3c(c2)C(O)(C(F)(F)F)c2ccccc2-3)CC1. The van der Waals surface area contributed by atoms with Gasteiger partial charge in [-0.15, -0.1) is 0 Å². The van der Waals surface area contributed by atoms with Crippen LogP contribution in [0, 0.1) is 5.92 Å². The molecule has 0 radical (unpaired) electrons. The summed E-state index contributed by atoms with van der Waals surface area (Å²) < 4.78 is 41.9. The topological polar surface area (TPSA) is 40.5 Å². The Morgan fingerprint density at radius 1 is 1.11 bits per heavy atom. The molecule has 3 nitrogen and oxygen atoms in total. The van der Waals surface area contributed by atoms with E-state index in [1.54, 1.807) is 24.3 Å². The first-order valence-electron chi connectivity index (χ1n) is 9.58. The Morgan fingerprint density at radius 2 is 1.75 bits per heavy atom. The highest BCUT2D eigenvalue weighted by atomic mass is 19.4. The zero-order chi connectivity index (χ0) is 20.1. The Hall–Kier alpha value is -2.34. The number of aliphatic hydroxyl groups is 1. The lowest BCUT2D eigenvalue weighted by Gasteiger charge is -2.34. The summed E-state index contributed by atoms with van der Waals surface area (Å²) in [7, 11) is 0. The molecule has 0 amide bonds. The standard InChI is InChI=1S/C22H22F3NO2/c1-2-20(27)14-9-11-26(12-10-14)15-7-8-17-16-5-3-4-6-18(16)21(28,19(17)13-15)22(23,24)25/h3-8,13-14,28H,2,9-12H2,1H3. The molecule has 0 bridgehead atoms. The van der Waals surface area contributed by atoms with Crippen molar-refractivity contribution in [1.29, 1.82) is 0 Å². The van der Waals surface area contributed by atoms with E-state index in [2.05, 4.69) is 0 Å². The van der Waals surface area contributed by atoms with Crippen LogP contribution >= 0.6 is 0 Å². The van der Waals surface area contributed by atoms with E-state index in [0.717, 1.165) is 0 Å². The van der Waals surface area contributed by atoms with Crippen molar-refractivity contribution < 1.29 is 23.1 Å². The molecule has 1 unspecified atom stereocenters. The van der Waals surface area contributed by atoms with Crippen molar-refractivity contribution in [3.63, 3.8) is 0 Å². The first-order chi connectivity index (χ1) is 13.3. The van der Waals surface area contributed by atoms with Gasteiger partial charge in [-0.2, -0.15) is 13.2 Å². The van der Waals surface area contributed by atoms with Gasteiger partial charge in [-0.05, 0) is 36.1 Å². The molecule has 2 aliphatic rings. The number of alkyl halides is 3. The van der Waals surface area contributed by atoms with Crippen molar-refractivity contribution in [2.45, 2.75) is 38.0 Å². The average molecular weight is 389 g/mol. The summed E-state index contributed by atoms with van der Waals surface area (Å²) in [6.07, 6.45) is -2.91. The number of rotatable bonds is 3. The van der Waals surface area contributed by atoms with Crippen LogP contribution in [0.5, 0.6) is 0 Å². The number of Topliss-reactive ketones (excluding diaryl/α,β-unsaturated/α-hetero) is 1. The summed E-state index contributed by atoms with van der Waals surface area (Å²) in [5.74, 6) is 0.280. The minimum absolute atomic E-state index is 0.0343. The first-order valence-corrected chi connectivity index (χ1v) is 9.58. The smallest absolute Gasteiger partial charge is 0.372 e. The molecule has 0 spiro atoms. The largest absolute Gasteiger partial charge is 0.425 e. The van der Waals surface area contributed by atoms with Gasteiger partial charge in [0.1, 0.15) is 5.78 Å². The molecule has 0 saturated carbocycles. The third-order valence-electron chi connectivity index (χ3n) is 6.07. The molecule has 28 heavy (non-hydrogen) atoms. The second-order valence-electron chi connectivity index (χ2n) is 7.56. The number of halogens is 3. The lowest BCUT2D eigenvalue weighted by Crippen LogP contribution is -2.42. The Balaban J connectivity index is 1.71. The van der Waals surface area contributed by atoms with Gasteiger partial charge in [0.2, 0.25) is 5.60 Å². The van der Waals surface area contributed by atoms with Gasteiger partial charge in [-0.25, -0.2) is 0 Å². The Labute approximate surface area is 161 Å². The number of carbonyl (C=O) groups is 1. The van der Waals surface area contributed by atoms with E-state index in [4.69, 9.17) is 0 Å². The molecule has 1 N–H and O–H groups in total. The van der Waals surface area contributed by atoms with Crippen molar-refractivity contribution in [3.8, 4) is 11.1 Å². The van der Waals surface area contributed by atoms with E-state index in [-0.39, 0.29) is 22.8 Å². The maximum atomic E-state index is 14.0. The summed E-state index contributed by atoms with van der Waals surface area (Å²) in [5, 5.41) is 10.8. The number of ketones is 1. The summed E-state index contributed by atoms with van der Waals surface area (Å²) in [4.78, 5) is 13.9. The van der Waals surface area contributed by atoms with Gasteiger partial charge in [0.05, 0.1) is 0 Å². The van der Waals surface area contributed by atoms with Crippen LogP contribution in [-0.2, 0) is 10.4 Å². The van der Waals surface area contributed by atoms with Crippen molar-refractivity contribution >= 4 is 11.5 Å². The minimum Gasteiger partial charge on any atom is -0.372 e. The van der Waals surface area contributed by atoms with E-state index in [0.29, 0.717) is 49.2 Å². The fourth-order valence-corrected chi connectivity index (χ4v) is 4.50. The fourth-order valence-electron chi connectivity index (χ4n) is 4.50. The number of hydrogen-bond donors (Lipinski definition) is 1. The van der Waals surface area contributed by atoms with Gasteiger partial charge in [0.25, 0.3) is 0 Å². The summed E-state index contributed by atoms with van der Waals surface area (Å²) in [6, 6.07) is 11.1. The molecule has 1 aliphatic heterocycles. The molecule has 148 valence electrons. The van der Waals surface area contributed by atoms with Crippen LogP contribution in [0.4, 0.5) is 18.9 Å². The second-order valence-corrected chi connectivity index (χ2v) is 7.56. The second kappa shape index (κ2) is 6.62. The molecule has 2 aromatic rings. The summed E-state index contributed by atoms with van der Waals surface area (Å²) in [5.41, 5.74) is -1.78. The monoisotopic (exact) mass is 389 g/mol. The molecule has 1 fully saturated rings. The predicted molar refractivity (Wildman–Crippen MR) is 101 cm³/mol. The maximum absolute atomic E-state index is 14.0. The van der Waals surface area contributed by atoms with Crippen molar-refractivity contribution in [1.82, 2.24) is 0 Å². The van der Waals surface area contributed by atoms with E-state index >= 15 is 0 Å². The van der Waals surface area contributed by atoms with Crippen molar-refractivity contribution in [3.05, 3.63) is 53.6 Å². The van der Waals surface area contributed by atoms with E-state index in [9.17, 15) is 23.1 Å². The van der Waals surface area contributed by atoms with E-state index in [1.165, 1.54) is 18.2 Å². The lowest BCUT2D eigenvalue weighted by molar-refractivity contribution is -0.246. The van der Waals surface area contributed by atoms with Gasteiger partial charge in [-0.1, -0.05) is 37.3 Å². The van der Waals surface area contributed by atoms with Crippen molar-refractivity contribution in [2.75, 3.05) is 18.0 Å². The van der Waals surface area contributed by atoms with Gasteiger partial charge in [0, 0.05) is 42.2 Å². The molecular weight excluding hydrogens is 367 g/mol. The van der Waals surface area contributed by atoms with Crippen LogP contribution in [0.2, 0.25) is 0 Å². The molecule has 1 heterocycles. The minimum atomic E-state index is -4.83. The summed E-state index contributed by atoms with van der Waals surface area (Å²) >= 11 is 0. The third kappa shape index (κ3) is 2.73.